The van der Waals surface area contributed by atoms with Crippen molar-refractivity contribution in [3.63, 3.8) is 0 Å². The first-order chi connectivity index (χ1) is 29.6. The molecule has 0 bridgehead atoms. The Morgan fingerprint density at radius 1 is 0.619 bits per heavy atom. The minimum absolute atomic E-state index is 0. The van der Waals surface area contributed by atoms with Gasteiger partial charge in [0, 0.05) is 14.8 Å². The topological polar surface area (TPSA) is 254 Å². The maximum Gasteiger partial charge on any atom is 1.00 e. The molecule has 21 heteroatoms. The van der Waals surface area contributed by atoms with E-state index in [0.717, 1.165) is 22.3 Å². The summed E-state index contributed by atoms with van der Waals surface area (Å²) < 4.78 is 52.0. The van der Waals surface area contributed by atoms with Crippen LogP contribution in [0.15, 0.2) is 121 Å². The van der Waals surface area contributed by atoms with Crippen molar-refractivity contribution in [1.29, 1.82) is 0 Å². The Kier molecular flexibility index (Phi) is 26.7. The van der Waals surface area contributed by atoms with Gasteiger partial charge in [-0.3, -0.25) is 28.8 Å². The predicted molar refractivity (Wildman–Crippen MR) is 225 cm³/mol. The van der Waals surface area contributed by atoms with Gasteiger partial charge in [0.2, 0.25) is 12.8 Å². The van der Waals surface area contributed by atoms with E-state index in [1.807, 2.05) is 121 Å². The molecule has 0 radical (unpaired) electrons. The summed E-state index contributed by atoms with van der Waals surface area (Å²) in [6, 6.07) is 38.9. The Labute approximate surface area is 390 Å². The molecule has 5 N–H and O–H groups in total. The Hall–Kier alpha value is -3.20. The minimum Gasteiger partial charge on any atom is -0.756 e. The molecule has 0 aliphatic carbocycles. The fraction of sp³-hybridized carbons (Fsp3) is 0.381. The van der Waals surface area contributed by atoms with Crippen LogP contribution >= 0.6 is 15.2 Å². The van der Waals surface area contributed by atoms with Crippen molar-refractivity contribution in [3.05, 3.63) is 144 Å². The molecule has 0 aliphatic rings. The summed E-state index contributed by atoms with van der Waals surface area (Å²) in [5.41, 5.74) is 3.79. The van der Waals surface area contributed by atoms with Crippen molar-refractivity contribution in [2.24, 2.45) is 0 Å². The molecule has 2 amide bonds. The summed E-state index contributed by atoms with van der Waals surface area (Å²) in [6.07, 6.45) is -7.01. The number of aliphatic hydroxyl groups is 3. The minimum atomic E-state index is -5.04. The number of benzene rings is 4. The van der Waals surface area contributed by atoms with Gasteiger partial charge in [0.15, 0.2) is 7.37 Å². The van der Waals surface area contributed by atoms with Crippen molar-refractivity contribution < 1.29 is 108 Å². The molecule has 1 unspecified atom stereocenters. The zero-order valence-electron chi connectivity index (χ0n) is 35.3. The second-order valence-electron chi connectivity index (χ2n) is 14.1. The van der Waals surface area contributed by atoms with Gasteiger partial charge in [0.1, 0.15) is 43.2 Å². The molecule has 63 heavy (non-hydrogen) atoms. The van der Waals surface area contributed by atoms with Crippen LogP contribution in [0.25, 0.3) is 0 Å². The van der Waals surface area contributed by atoms with E-state index in [9.17, 15) is 33.8 Å². The Balaban J connectivity index is 0.000000917. The van der Waals surface area contributed by atoms with Gasteiger partial charge in [-0.05, 0) is 22.3 Å². The number of hydroxylamine groups is 4. The molecule has 0 saturated carbocycles. The molecule has 7 atom stereocenters. The maximum absolute atomic E-state index is 12.7. The Bertz CT molecular complexity index is 1930. The number of amides is 2. The normalized spacial score (nSPS) is 15.1. The summed E-state index contributed by atoms with van der Waals surface area (Å²) in [5.74, 6) is 0. The van der Waals surface area contributed by atoms with Crippen LogP contribution in [0.4, 0.5) is 0 Å². The average molecular weight is 931 g/mol. The van der Waals surface area contributed by atoms with E-state index in [-0.39, 0.29) is 82.0 Å². The molecule has 0 aliphatic heterocycles. The molecule has 4 aromatic carbocycles. The molecule has 0 fully saturated rings. The van der Waals surface area contributed by atoms with E-state index in [2.05, 4.69) is 4.52 Å². The van der Waals surface area contributed by atoms with E-state index in [1.54, 1.807) is 13.3 Å². The van der Waals surface area contributed by atoms with Gasteiger partial charge in [-0.2, -0.15) is 0 Å². The van der Waals surface area contributed by atoms with Crippen molar-refractivity contribution >= 4 is 28.0 Å². The van der Waals surface area contributed by atoms with E-state index in [4.69, 9.17) is 38.8 Å². The fourth-order valence-corrected chi connectivity index (χ4v) is 6.27. The van der Waals surface area contributed by atoms with Crippen LogP contribution in [-0.4, -0.2) is 125 Å². The standard InChI is InChI=1S/C36H42NO7P.C6H14NO9P.Na.H2/c1-45(2,39)44-28-35(41-25-31-17-9-4-10-18-31)36(42-26-32-19-11-5-12-20-32)34(40-24-30-15-7-3-8-16-30)23-37(29-38)43-27-33-21-13-6-14-22-33;8-3-7(12)1-4(9)6(11)5(10)2-16-17(13,14)15;;/h3-22,29,34-36H,23-28H2,1-2H3;3-6,9-12H,1-2H2,(H2,13,14,15);;1H/q;;+1;/p-1/t34-,35+,36-;4-,5+,6-;;/m00../s1. The van der Waals surface area contributed by atoms with E-state index < -0.39 is 65.0 Å². The zero-order chi connectivity index (χ0) is 45.4. The van der Waals surface area contributed by atoms with Gasteiger partial charge in [0.25, 0.3) is 7.82 Å². The van der Waals surface area contributed by atoms with Crippen LogP contribution in [0.2, 0.25) is 0 Å². The van der Waals surface area contributed by atoms with E-state index in [1.165, 1.54) is 5.06 Å². The summed E-state index contributed by atoms with van der Waals surface area (Å²) in [6.45, 7) is 2.47. The van der Waals surface area contributed by atoms with Crippen LogP contribution in [0.1, 0.15) is 23.7 Å². The third-order valence-corrected chi connectivity index (χ3v) is 9.84. The molecule has 0 spiro atoms. The van der Waals surface area contributed by atoms with Gasteiger partial charge in [-0.15, -0.1) is 0 Å². The Morgan fingerprint density at radius 3 is 1.46 bits per heavy atom. The molecular formula is C42H57N2NaO16P2. The van der Waals surface area contributed by atoms with Gasteiger partial charge >= 0.3 is 29.6 Å². The number of carbonyl (C=O) groups excluding carboxylic acids is 2. The van der Waals surface area contributed by atoms with Crippen LogP contribution < -0.4 is 34.5 Å². The van der Waals surface area contributed by atoms with Crippen molar-refractivity contribution in [3.8, 4) is 0 Å². The smallest absolute Gasteiger partial charge is 0.756 e. The SMILES string of the molecule is CP(C)(=O)OC[C@@H](OCc1ccccc1)[C@@H](OCc1ccccc1)[C@H](CN(C=O)OCc1ccccc1)OCc1ccccc1.O=CN(O)C[C@H](O)[C@H](O)[C@H](O)COP(=O)([O-])O.[HH].[Na+]. The molecule has 18 nitrogen and oxygen atoms in total. The molecule has 4 aromatic rings. The maximum atomic E-state index is 12.7. The fourth-order valence-electron chi connectivity index (χ4n) is 5.42. The molecular weight excluding hydrogens is 873 g/mol. The summed E-state index contributed by atoms with van der Waals surface area (Å²) >= 11 is 0. The third kappa shape index (κ3) is 24.1. The summed E-state index contributed by atoms with van der Waals surface area (Å²) in [7, 11) is -7.91. The number of phosphoric ester groups is 1. The van der Waals surface area contributed by atoms with Crippen LogP contribution in [0.3, 0.4) is 0 Å². The summed E-state index contributed by atoms with van der Waals surface area (Å²) in [5, 5.41) is 37.5. The number of nitrogens with zero attached hydrogens (tertiary/aromatic N) is 2. The number of phosphoric acid groups is 1. The van der Waals surface area contributed by atoms with Gasteiger partial charge in [-0.1, -0.05) is 121 Å². The number of rotatable bonds is 28. The number of hydrogen-bond acceptors (Lipinski definition) is 15. The first kappa shape index (κ1) is 55.9. The van der Waals surface area contributed by atoms with E-state index >= 15 is 0 Å². The predicted octanol–water partition coefficient (Wildman–Crippen LogP) is 0.531. The zero-order valence-corrected chi connectivity index (χ0v) is 39.1. The van der Waals surface area contributed by atoms with Crippen molar-refractivity contribution in [2.75, 3.05) is 39.6 Å². The van der Waals surface area contributed by atoms with Crippen LogP contribution in [0.5, 0.6) is 0 Å². The number of hydrogen-bond donors (Lipinski definition) is 5. The number of carbonyl (C=O) groups is 2. The second-order valence-corrected chi connectivity index (χ2v) is 18.0. The third-order valence-electron chi connectivity index (χ3n) is 8.59. The molecule has 0 aromatic heterocycles. The molecule has 4 rings (SSSR count). The molecule has 0 saturated heterocycles. The second kappa shape index (κ2) is 30.1. The summed E-state index contributed by atoms with van der Waals surface area (Å²) in [4.78, 5) is 46.5. The quantitative estimate of drug-likeness (QED) is 0.0171. The van der Waals surface area contributed by atoms with Crippen LogP contribution in [-0.2, 0) is 73.2 Å². The van der Waals surface area contributed by atoms with Crippen molar-refractivity contribution in [2.45, 2.75) is 63.1 Å². The first-order valence-corrected chi connectivity index (χ1v) is 23.3. The Morgan fingerprint density at radius 2 is 1.05 bits per heavy atom. The number of ether oxygens (including phenoxy) is 3. The average Bonchev–Trinajstić information content (AvgIpc) is 3.27. The molecule has 342 valence electrons. The number of aliphatic hydroxyl groups excluding tert-OH is 3. The van der Waals surface area contributed by atoms with Crippen molar-refractivity contribution in [1.82, 2.24) is 10.1 Å². The first-order valence-electron chi connectivity index (χ1n) is 19.2. The van der Waals surface area contributed by atoms with Gasteiger partial charge < -0.3 is 48.4 Å². The van der Waals surface area contributed by atoms with Crippen LogP contribution in [0, 0.1) is 0 Å². The van der Waals surface area contributed by atoms with Gasteiger partial charge in [-0.25, -0.2) is 10.1 Å². The largest absolute Gasteiger partial charge is 1.00 e. The van der Waals surface area contributed by atoms with E-state index in [0.29, 0.717) is 6.41 Å². The van der Waals surface area contributed by atoms with Gasteiger partial charge in [0.05, 0.1) is 46.1 Å². The molecule has 0 heterocycles. The monoisotopic (exact) mass is 930 g/mol.